The van der Waals surface area contributed by atoms with Crippen molar-refractivity contribution in [3.8, 4) is 0 Å². The van der Waals surface area contributed by atoms with Crippen LogP contribution in [-0.2, 0) is 16.0 Å². The molecular formula is C13H20N2O3. The van der Waals surface area contributed by atoms with Crippen molar-refractivity contribution in [3.63, 3.8) is 0 Å². The number of aryl methyl sites for hydroxylation is 2. The molecule has 2 unspecified atom stereocenters. The van der Waals surface area contributed by atoms with Crippen molar-refractivity contribution in [3.05, 3.63) is 22.8 Å². The normalized spacial score (nSPS) is 14.3. The van der Waals surface area contributed by atoms with E-state index < -0.39 is 11.9 Å². The van der Waals surface area contributed by atoms with E-state index in [2.05, 4.69) is 9.97 Å². The van der Waals surface area contributed by atoms with Crippen LogP contribution in [0.15, 0.2) is 0 Å². The van der Waals surface area contributed by atoms with Gasteiger partial charge in [-0.1, -0.05) is 0 Å². The summed E-state index contributed by atoms with van der Waals surface area (Å²) in [5.41, 5.74) is 2.17. The van der Waals surface area contributed by atoms with Gasteiger partial charge in [-0.05, 0) is 27.7 Å². The number of aliphatic carboxylic acids is 1. The number of rotatable bonds is 5. The van der Waals surface area contributed by atoms with E-state index in [1.807, 2.05) is 20.8 Å². The van der Waals surface area contributed by atoms with Crippen LogP contribution >= 0.6 is 0 Å². The fourth-order valence-corrected chi connectivity index (χ4v) is 1.98. The second kappa shape index (κ2) is 5.91. The van der Waals surface area contributed by atoms with Gasteiger partial charge in [0, 0.05) is 30.5 Å². The largest absolute Gasteiger partial charge is 0.481 e. The lowest BCUT2D eigenvalue weighted by molar-refractivity contribution is -0.138. The quantitative estimate of drug-likeness (QED) is 0.866. The van der Waals surface area contributed by atoms with Crippen molar-refractivity contribution in [1.82, 2.24) is 9.97 Å². The Morgan fingerprint density at radius 1 is 1.28 bits per heavy atom. The minimum absolute atomic E-state index is 0.0477. The maximum absolute atomic E-state index is 11.0. The zero-order chi connectivity index (χ0) is 13.9. The van der Waals surface area contributed by atoms with Crippen LogP contribution in [-0.4, -0.2) is 34.3 Å². The van der Waals surface area contributed by atoms with Crippen molar-refractivity contribution in [1.29, 1.82) is 0 Å². The highest BCUT2D eigenvalue weighted by molar-refractivity contribution is 5.76. The standard InChI is InChI=1S/C13H20N2O3/c1-7(18-5)6-11-14-9(3)12(10(4)15-11)8(2)13(16)17/h7-8H,6H2,1-5H3,(H,16,17). The first-order valence-corrected chi connectivity index (χ1v) is 5.96. The third-order valence-corrected chi connectivity index (χ3v) is 3.05. The molecule has 0 aliphatic heterocycles. The number of carboxylic acids is 1. The topological polar surface area (TPSA) is 72.3 Å². The van der Waals surface area contributed by atoms with Crippen LogP contribution < -0.4 is 0 Å². The van der Waals surface area contributed by atoms with Gasteiger partial charge in [0.15, 0.2) is 0 Å². The Morgan fingerprint density at radius 2 is 1.78 bits per heavy atom. The summed E-state index contributed by atoms with van der Waals surface area (Å²) in [6.45, 7) is 7.25. The molecule has 0 aromatic carbocycles. The summed E-state index contributed by atoms with van der Waals surface area (Å²) in [5.74, 6) is -0.748. The first-order valence-electron chi connectivity index (χ1n) is 5.96. The van der Waals surface area contributed by atoms with Gasteiger partial charge in [0.25, 0.3) is 0 Å². The Morgan fingerprint density at radius 3 is 2.17 bits per heavy atom. The number of carbonyl (C=O) groups is 1. The van der Waals surface area contributed by atoms with Crippen LogP contribution in [0, 0.1) is 13.8 Å². The lowest BCUT2D eigenvalue weighted by Crippen LogP contribution is -2.17. The number of nitrogens with zero attached hydrogens (tertiary/aromatic N) is 2. The highest BCUT2D eigenvalue weighted by Gasteiger charge is 2.21. The fraction of sp³-hybridized carbons (Fsp3) is 0.615. The Hall–Kier alpha value is -1.49. The summed E-state index contributed by atoms with van der Waals surface area (Å²) in [6.07, 6.45) is 0.673. The Balaban J connectivity index is 3.08. The summed E-state index contributed by atoms with van der Waals surface area (Å²) in [4.78, 5) is 19.8. The molecule has 1 N–H and O–H groups in total. The monoisotopic (exact) mass is 252 g/mol. The smallest absolute Gasteiger partial charge is 0.310 e. The van der Waals surface area contributed by atoms with Gasteiger partial charge in [0.2, 0.25) is 0 Å². The van der Waals surface area contributed by atoms with Crippen molar-refractivity contribution in [2.75, 3.05) is 7.11 Å². The van der Waals surface area contributed by atoms with Gasteiger partial charge in [-0.3, -0.25) is 4.79 Å². The maximum Gasteiger partial charge on any atom is 0.310 e. The molecule has 0 amide bonds. The Labute approximate surface area is 107 Å². The highest BCUT2D eigenvalue weighted by Crippen LogP contribution is 2.21. The Kier molecular flexibility index (Phi) is 4.78. The van der Waals surface area contributed by atoms with E-state index in [0.717, 1.165) is 11.4 Å². The maximum atomic E-state index is 11.0. The van der Waals surface area contributed by atoms with E-state index in [1.165, 1.54) is 0 Å². The molecule has 0 fully saturated rings. The number of ether oxygens (including phenoxy) is 1. The molecule has 1 heterocycles. The van der Waals surface area contributed by atoms with Gasteiger partial charge in [-0.25, -0.2) is 9.97 Å². The first kappa shape index (κ1) is 14.6. The van der Waals surface area contributed by atoms with E-state index in [0.29, 0.717) is 17.8 Å². The van der Waals surface area contributed by atoms with E-state index in [-0.39, 0.29) is 6.10 Å². The molecule has 1 aromatic rings. The summed E-state index contributed by atoms with van der Waals surface area (Å²) in [5, 5.41) is 9.06. The minimum Gasteiger partial charge on any atom is -0.481 e. The molecule has 0 spiro atoms. The van der Waals surface area contributed by atoms with Crippen LogP contribution in [0.25, 0.3) is 0 Å². The van der Waals surface area contributed by atoms with Gasteiger partial charge in [-0.2, -0.15) is 0 Å². The van der Waals surface area contributed by atoms with Crippen molar-refractivity contribution in [2.24, 2.45) is 0 Å². The summed E-state index contributed by atoms with van der Waals surface area (Å²) >= 11 is 0. The number of hydrogen-bond donors (Lipinski definition) is 1. The molecule has 0 bridgehead atoms. The molecule has 18 heavy (non-hydrogen) atoms. The third kappa shape index (κ3) is 3.26. The number of methoxy groups -OCH3 is 1. The zero-order valence-corrected chi connectivity index (χ0v) is 11.5. The molecule has 5 heteroatoms. The molecule has 0 saturated heterocycles. The van der Waals surface area contributed by atoms with Gasteiger partial charge < -0.3 is 9.84 Å². The molecule has 1 rings (SSSR count). The molecule has 100 valence electrons. The van der Waals surface area contributed by atoms with Crippen molar-refractivity contribution < 1.29 is 14.6 Å². The highest BCUT2D eigenvalue weighted by atomic mass is 16.5. The molecule has 5 nitrogen and oxygen atoms in total. The predicted octanol–water partition coefficient (Wildman–Crippen LogP) is 1.86. The average Bonchev–Trinajstić information content (AvgIpc) is 2.27. The second-order valence-electron chi connectivity index (χ2n) is 4.53. The van der Waals surface area contributed by atoms with E-state index in [1.54, 1.807) is 14.0 Å². The first-order chi connectivity index (χ1) is 8.36. The van der Waals surface area contributed by atoms with Crippen LogP contribution in [0.1, 0.15) is 42.5 Å². The van der Waals surface area contributed by atoms with Gasteiger partial charge >= 0.3 is 5.97 Å². The average molecular weight is 252 g/mol. The summed E-state index contributed by atoms with van der Waals surface area (Å²) in [7, 11) is 1.64. The van der Waals surface area contributed by atoms with Crippen molar-refractivity contribution >= 4 is 5.97 Å². The van der Waals surface area contributed by atoms with Crippen molar-refractivity contribution in [2.45, 2.75) is 46.1 Å². The third-order valence-electron chi connectivity index (χ3n) is 3.05. The lowest BCUT2D eigenvalue weighted by Gasteiger charge is -2.15. The molecule has 1 aromatic heterocycles. The van der Waals surface area contributed by atoms with Gasteiger partial charge in [-0.15, -0.1) is 0 Å². The van der Waals surface area contributed by atoms with Crippen LogP contribution in [0.3, 0.4) is 0 Å². The summed E-state index contributed by atoms with van der Waals surface area (Å²) < 4.78 is 5.18. The second-order valence-corrected chi connectivity index (χ2v) is 4.53. The zero-order valence-electron chi connectivity index (χ0n) is 11.5. The number of hydrogen-bond acceptors (Lipinski definition) is 4. The van der Waals surface area contributed by atoms with Crippen LogP contribution in [0.2, 0.25) is 0 Å². The molecular weight excluding hydrogens is 232 g/mol. The fourth-order valence-electron chi connectivity index (χ4n) is 1.98. The predicted molar refractivity (Wildman–Crippen MR) is 67.7 cm³/mol. The van der Waals surface area contributed by atoms with Crippen LogP contribution in [0.5, 0.6) is 0 Å². The SMILES string of the molecule is COC(C)Cc1nc(C)c(C(C)C(=O)O)c(C)n1. The number of aromatic nitrogens is 2. The summed E-state index contributed by atoms with van der Waals surface area (Å²) in [6, 6.07) is 0. The molecule has 0 aliphatic rings. The van der Waals surface area contributed by atoms with Gasteiger partial charge in [0.1, 0.15) is 5.82 Å². The number of carboxylic acid groups (broad SMARTS) is 1. The molecule has 0 aliphatic carbocycles. The van der Waals surface area contributed by atoms with E-state index in [4.69, 9.17) is 9.84 Å². The molecule has 2 atom stereocenters. The Bertz CT molecular complexity index is 423. The van der Waals surface area contributed by atoms with Gasteiger partial charge in [0.05, 0.1) is 12.0 Å². The molecule has 0 radical (unpaired) electrons. The minimum atomic E-state index is -0.859. The lowest BCUT2D eigenvalue weighted by atomic mass is 9.98. The van der Waals surface area contributed by atoms with E-state index >= 15 is 0 Å². The van der Waals surface area contributed by atoms with E-state index in [9.17, 15) is 4.79 Å². The van der Waals surface area contributed by atoms with Crippen LogP contribution in [0.4, 0.5) is 0 Å². The molecule has 0 saturated carbocycles.